The van der Waals surface area contributed by atoms with Crippen LogP contribution in [0.25, 0.3) is 27.7 Å². The number of aryl methyl sites for hydroxylation is 2. The van der Waals surface area contributed by atoms with E-state index in [-0.39, 0.29) is 33.3 Å². The zero-order valence-corrected chi connectivity index (χ0v) is 53.8. The van der Waals surface area contributed by atoms with Gasteiger partial charge in [0.2, 0.25) is 0 Å². The summed E-state index contributed by atoms with van der Waals surface area (Å²) in [5, 5.41) is 19.4. The molecule has 8 aromatic rings. The first kappa shape index (κ1) is 68.0. The molecule has 2 unspecified atom stereocenters. The molecule has 86 heavy (non-hydrogen) atoms. The Morgan fingerprint density at radius 2 is 1.19 bits per heavy atom. The van der Waals surface area contributed by atoms with Gasteiger partial charge in [0.15, 0.2) is 5.15 Å². The number of nitrogens with two attached hydrogens (primary N) is 2. The van der Waals surface area contributed by atoms with E-state index in [1.807, 2.05) is 97.1 Å². The molecule has 0 radical (unpaired) electrons. The molecular formula is C61H79ClFIN16O6. The number of nitrogen functional groups attached to an aromatic ring is 1. The molecule has 0 spiro atoms. The van der Waals surface area contributed by atoms with Gasteiger partial charge in [0.25, 0.3) is 16.7 Å². The quantitative estimate of drug-likeness (QED) is 0.0425. The Balaban J connectivity index is 0.000000228. The largest absolute Gasteiger partial charge is 0.384 e. The predicted octanol–water partition coefficient (Wildman–Crippen LogP) is 8.75. The van der Waals surface area contributed by atoms with E-state index in [2.05, 4.69) is 59.5 Å². The molecule has 0 saturated carbocycles. The minimum Gasteiger partial charge on any atom is -0.384 e. The van der Waals surface area contributed by atoms with Crippen LogP contribution >= 0.6 is 34.5 Å². The third kappa shape index (κ3) is 18.2. The summed E-state index contributed by atoms with van der Waals surface area (Å²) in [6.07, 6.45) is 7.82. The lowest BCUT2D eigenvalue weighted by molar-refractivity contribution is -0.0335. The van der Waals surface area contributed by atoms with Crippen LogP contribution in [-0.4, -0.2) is 131 Å². The summed E-state index contributed by atoms with van der Waals surface area (Å²) < 4.78 is 39.0. The highest BCUT2D eigenvalue weighted by molar-refractivity contribution is 14.1. The molecule has 460 valence electrons. The number of nitrogens with one attached hydrogen (secondary N) is 2. The average Bonchev–Trinajstić information content (AvgIpc) is 1.21. The van der Waals surface area contributed by atoms with E-state index in [4.69, 9.17) is 31.5 Å². The monoisotopic (exact) mass is 1310 g/mol. The van der Waals surface area contributed by atoms with Crippen molar-refractivity contribution in [3.63, 3.8) is 0 Å². The number of likely N-dealkylation sites (tertiary alicyclic amines) is 2. The zero-order valence-electron chi connectivity index (χ0n) is 50.9. The molecule has 6 aromatic heterocycles. The summed E-state index contributed by atoms with van der Waals surface area (Å²) in [4.78, 5) is 57.9. The molecule has 3 aliphatic rings. The number of rotatable bonds is 15. The summed E-state index contributed by atoms with van der Waals surface area (Å²) in [5.41, 5.74) is 10.4. The number of anilines is 5. The molecular weight excluding hydrogens is 1230 g/mol. The minimum absolute atomic E-state index is 0.0218. The van der Waals surface area contributed by atoms with Crippen molar-refractivity contribution in [1.82, 2.24) is 59.0 Å². The van der Waals surface area contributed by atoms with Crippen LogP contribution in [0.5, 0.6) is 0 Å². The van der Waals surface area contributed by atoms with Crippen LogP contribution in [0.4, 0.5) is 33.2 Å². The van der Waals surface area contributed by atoms with Crippen molar-refractivity contribution in [3.05, 3.63) is 174 Å². The van der Waals surface area contributed by atoms with Crippen LogP contribution in [-0.2, 0) is 53.4 Å². The molecule has 25 heteroatoms. The smallest absolute Gasteiger partial charge is 0.290 e. The second-order valence-electron chi connectivity index (χ2n) is 20.9. The number of nitrogens with zero attached hydrogens (tertiary/aromatic N) is 12. The second kappa shape index (κ2) is 32.0. The van der Waals surface area contributed by atoms with Crippen molar-refractivity contribution < 1.29 is 18.6 Å². The van der Waals surface area contributed by atoms with Crippen LogP contribution in [0, 0.1) is 5.82 Å². The fourth-order valence-corrected chi connectivity index (χ4v) is 9.26. The average molecular weight is 1310 g/mol. The van der Waals surface area contributed by atoms with E-state index in [0.717, 1.165) is 69.0 Å². The number of hydrogen-bond donors (Lipinski definition) is 4. The maximum atomic E-state index is 15.2. The van der Waals surface area contributed by atoms with Crippen molar-refractivity contribution in [3.8, 4) is 16.9 Å². The minimum atomic E-state index is -0.582. The topological polar surface area (TPSA) is 257 Å². The lowest BCUT2D eigenvalue weighted by Gasteiger charge is -2.38. The maximum Gasteiger partial charge on any atom is 0.290 e. The second-order valence-corrected chi connectivity index (χ2v) is 21.3. The molecule has 2 atom stereocenters. The van der Waals surface area contributed by atoms with Gasteiger partial charge in [-0.25, -0.2) is 28.7 Å². The SMILES string of the molecule is CC.CC.COC1CN(Cc2ccc(N)nc2)C1.COC1CN(Cc2ccc(Nc3cc(Cl)nn(C)c3=O)nc2)C1.COC1CN1Cc1ccc(Nc2cc(-c3cccc(-n4ncc5cc(C(C)(C)C)cc(F)c5c4=O)c3)nn(C)c2=O)nc1.NI. The Morgan fingerprint density at radius 1 is 0.651 bits per heavy atom. The van der Waals surface area contributed by atoms with E-state index in [0.29, 0.717) is 63.4 Å². The molecule has 22 nitrogen and oxygen atoms in total. The van der Waals surface area contributed by atoms with Gasteiger partial charge < -0.3 is 30.6 Å². The number of pyridine rings is 3. The van der Waals surface area contributed by atoms with Crippen molar-refractivity contribution in [1.29, 1.82) is 0 Å². The van der Waals surface area contributed by atoms with Gasteiger partial charge in [-0.2, -0.15) is 20.0 Å². The Bertz CT molecular complexity index is 3650. The van der Waals surface area contributed by atoms with Gasteiger partial charge in [-0.05, 0) is 76.2 Å². The van der Waals surface area contributed by atoms with Gasteiger partial charge in [0.05, 0.1) is 35.2 Å². The molecule has 2 aromatic carbocycles. The Labute approximate surface area is 520 Å². The maximum absolute atomic E-state index is 15.2. The number of hydrogen-bond acceptors (Lipinski definition) is 19. The normalized spacial score (nSPS) is 15.5. The molecule has 3 fully saturated rings. The molecule has 6 N–H and O–H groups in total. The number of ether oxygens (including phenoxy) is 3. The van der Waals surface area contributed by atoms with Crippen molar-refractivity contribution in [2.24, 2.45) is 18.0 Å². The number of aromatic nitrogens is 9. The number of fused-ring (bicyclic) bond motifs is 1. The van der Waals surface area contributed by atoms with Gasteiger partial charge in [-0.1, -0.05) is 90.4 Å². The molecule has 0 amide bonds. The predicted molar refractivity (Wildman–Crippen MR) is 347 cm³/mol. The summed E-state index contributed by atoms with van der Waals surface area (Å²) >= 11 is 7.52. The molecule has 0 bridgehead atoms. The third-order valence-electron chi connectivity index (χ3n) is 13.9. The lowest BCUT2D eigenvalue weighted by Crippen LogP contribution is -2.50. The molecule has 3 saturated heterocycles. The van der Waals surface area contributed by atoms with Gasteiger partial charge in [-0.3, -0.25) is 33.0 Å². The molecule has 3 aliphatic heterocycles. The van der Waals surface area contributed by atoms with E-state index < -0.39 is 11.4 Å². The van der Waals surface area contributed by atoms with Gasteiger partial charge in [0, 0.05) is 146 Å². The summed E-state index contributed by atoms with van der Waals surface area (Å²) in [6.45, 7) is 21.3. The van der Waals surface area contributed by atoms with Gasteiger partial charge in [-0.15, -0.1) is 0 Å². The first-order valence-electron chi connectivity index (χ1n) is 28.1. The summed E-state index contributed by atoms with van der Waals surface area (Å²) in [7, 11) is 8.31. The highest BCUT2D eigenvalue weighted by atomic mass is 127. The summed E-state index contributed by atoms with van der Waals surface area (Å²) in [5.74, 6) is 1.10. The highest BCUT2D eigenvalue weighted by Crippen LogP contribution is 2.29. The fourth-order valence-electron chi connectivity index (χ4n) is 9.03. The Kier molecular flexibility index (Phi) is 25.3. The van der Waals surface area contributed by atoms with Crippen molar-refractivity contribution >= 4 is 74.1 Å². The fraction of sp³-hybridized carbons (Fsp3) is 0.393. The van der Waals surface area contributed by atoms with E-state index in [1.54, 1.807) is 101 Å². The lowest BCUT2D eigenvalue weighted by atomic mass is 9.86. The number of halogens is 3. The zero-order chi connectivity index (χ0) is 62.8. The van der Waals surface area contributed by atoms with Crippen molar-refractivity contribution in [2.75, 3.05) is 70.4 Å². The van der Waals surface area contributed by atoms with E-state index >= 15 is 4.39 Å². The van der Waals surface area contributed by atoms with E-state index in [9.17, 15) is 14.4 Å². The summed E-state index contributed by atoms with van der Waals surface area (Å²) in [6, 6.07) is 24.8. The standard InChI is InChI=1S/C32H32FN7O3.C15H18ClN5O2.C10H15N3O.2C2H6.H2IN/c1-32(2,3)22-11-21-16-35-40(31(42)29(21)24(33)13-22)23-8-6-7-20(12-23)25-14-26(30(41)38(4)37-25)36-27-10-9-19(15-34-27)17-39-18-28(39)43-5;1-20-15(22)12(5-13(16)19-20)18-14-4-3-10(6-17-14)7-21-8-11(9-21)23-2;1-14-9-6-13(7-9)5-8-2-3-10(11)12-4-8;3*1-2/h6-16,28H,17-18H2,1-5H3,(H,34,36);3-6,11H,7-9H2,1-2H3,(H,17,18);2-4,9H,5-7H2,1H3,(H2,11,12);2*1-2H3;2H2. The Morgan fingerprint density at radius 3 is 1.69 bits per heavy atom. The molecule has 0 aliphatic carbocycles. The first-order valence-corrected chi connectivity index (χ1v) is 29.7. The molecule has 9 heterocycles. The van der Waals surface area contributed by atoms with Crippen LogP contribution in [0.1, 0.15) is 70.7 Å². The van der Waals surface area contributed by atoms with Crippen molar-refractivity contribution in [2.45, 2.75) is 92.0 Å². The van der Waals surface area contributed by atoms with Gasteiger partial charge >= 0.3 is 0 Å². The number of methoxy groups -OCH3 is 3. The Hall–Kier alpha value is -7.14. The highest BCUT2D eigenvalue weighted by Gasteiger charge is 2.33. The van der Waals surface area contributed by atoms with Crippen LogP contribution in [0.2, 0.25) is 5.15 Å². The van der Waals surface area contributed by atoms with Crippen LogP contribution < -0.4 is 37.0 Å². The van der Waals surface area contributed by atoms with E-state index in [1.165, 1.54) is 37.9 Å². The van der Waals surface area contributed by atoms with Crippen LogP contribution in [0.3, 0.4) is 0 Å². The van der Waals surface area contributed by atoms with Crippen LogP contribution in [0.15, 0.2) is 124 Å². The first-order chi connectivity index (χ1) is 41.3. The number of benzene rings is 2. The molecule has 11 rings (SSSR count). The third-order valence-corrected chi connectivity index (χ3v) is 14.0. The van der Waals surface area contributed by atoms with Gasteiger partial charge in [0.1, 0.15) is 40.9 Å².